The third-order valence-corrected chi connectivity index (χ3v) is 2.70. The summed E-state index contributed by atoms with van der Waals surface area (Å²) in [7, 11) is 1.69. The van der Waals surface area contributed by atoms with Gasteiger partial charge in [0.25, 0.3) is 0 Å². The van der Waals surface area contributed by atoms with E-state index in [1.807, 2.05) is 13.8 Å². The van der Waals surface area contributed by atoms with Gasteiger partial charge in [-0.2, -0.15) is 0 Å². The molecule has 0 rings (SSSR count). The van der Waals surface area contributed by atoms with E-state index in [0.717, 1.165) is 6.42 Å². The van der Waals surface area contributed by atoms with Crippen LogP contribution in [-0.4, -0.2) is 55.4 Å². The van der Waals surface area contributed by atoms with Gasteiger partial charge in [-0.15, -0.1) is 0 Å². The van der Waals surface area contributed by atoms with Crippen LogP contribution in [0.3, 0.4) is 0 Å². The minimum Gasteiger partial charge on any atom is -0.481 e. The standard InChI is InChI=1S/C12H24N2O4/c1-4-10(8-11(15)16)9-13-12(17)14(3)6-7-18-5-2/h10H,4-9H2,1-3H3,(H,13,17)(H,15,16). The van der Waals surface area contributed by atoms with Crippen molar-refractivity contribution in [1.29, 1.82) is 0 Å². The lowest BCUT2D eigenvalue weighted by molar-refractivity contribution is -0.138. The Hall–Kier alpha value is -1.30. The van der Waals surface area contributed by atoms with Crippen molar-refractivity contribution in [3.05, 3.63) is 0 Å². The molecule has 0 saturated carbocycles. The van der Waals surface area contributed by atoms with E-state index in [0.29, 0.717) is 26.3 Å². The molecular weight excluding hydrogens is 236 g/mol. The van der Waals surface area contributed by atoms with Crippen molar-refractivity contribution in [2.45, 2.75) is 26.7 Å². The Balaban J connectivity index is 3.88. The van der Waals surface area contributed by atoms with Crippen LogP contribution in [0.25, 0.3) is 0 Å². The average molecular weight is 260 g/mol. The maximum Gasteiger partial charge on any atom is 0.317 e. The zero-order valence-corrected chi connectivity index (χ0v) is 11.4. The van der Waals surface area contributed by atoms with E-state index < -0.39 is 5.97 Å². The topological polar surface area (TPSA) is 78.9 Å². The fourth-order valence-electron chi connectivity index (χ4n) is 1.42. The highest BCUT2D eigenvalue weighted by Crippen LogP contribution is 2.06. The molecule has 106 valence electrons. The van der Waals surface area contributed by atoms with Crippen LogP contribution in [0.5, 0.6) is 0 Å². The van der Waals surface area contributed by atoms with Crippen LogP contribution >= 0.6 is 0 Å². The zero-order valence-electron chi connectivity index (χ0n) is 11.4. The molecule has 0 spiro atoms. The number of carbonyl (C=O) groups is 2. The number of rotatable bonds is 9. The predicted molar refractivity (Wildman–Crippen MR) is 68.6 cm³/mol. The molecule has 6 nitrogen and oxygen atoms in total. The molecule has 18 heavy (non-hydrogen) atoms. The second-order valence-corrected chi connectivity index (χ2v) is 4.18. The van der Waals surface area contributed by atoms with Gasteiger partial charge < -0.3 is 20.1 Å². The van der Waals surface area contributed by atoms with Gasteiger partial charge in [0.05, 0.1) is 6.61 Å². The van der Waals surface area contributed by atoms with Crippen LogP contribution in [0.4, 0.5) is 4.79 Å². The van der Waals surface area contributed by atoms with Gasteiger partial charge in [-0.05, 0) is 12.8 Å². The molecular formula is C12H24N2O4. The normalized spacial score (nSPS) is 11.9. The molecule has 1 unspecified atom stereocenters. The monoisotopic (exact) mass is 260 g/mol. The maximum atomic E-state index is 11.7. The van der Waals surface area contributed by atoms with Crippen LogP contribution in [0, 0.1) is 5.92 Å². The molecule has 2 N–H and O–H groups in total. The first-order chi connectivity index (χ1) is 8.51. The number of hydrogen-bond acceptors (Lipinski definition) is 3. The predicted octanol–water partition coefficient (Wildman–Crippen LogP) is 1.17. The van der Waals surface area contributed by atoms with E-state index in [1.165, 1.54) is 4.90 Å². The fraction of sp³-hybridized carbons (Fsp3) is 0.833. The summed E-state index contributed by atoms with van der Waals surface area (Å²) in [4.78, 5) is 23.8. The van der Waals surface area contributed by atoms with E-state index in [2.05, 4.69) is 5.32 Å². The first kappa shape index (κ1) is 16.7. The lowest BCUT2D eigenvalue weighted by atomic mass is 10.0. The Morgan fingerprint density at radius 3 is 2.56 bits per heavy atom. The number of ether oxygens (including phenoxy) is 1. The SMILES string of the molecule is CCOCCN(C)C(=O)NCC(CC)CC(=O)O. The van der Waals surface area contributed by atoms with Gasteiger partial charge in [0.2, 0.25) is 0 Å². The maximum absolute atomic E-state index is 11.7. The number of hydrogen-bond donors (Lipinski definition) is 2. The third-order valence-electron chi connectivity index (χ3n) is 2.70. The second kappa shape index (κ2) is 9.70. The zero-order chi connectivity index (χ0) is 14.0. The number of nitrogens with one attached hydrogen (secondary N) is 1. The third kappa shape index (κ3) is 7.89. The Bertz CT molecular complexity index is 258. The molecule has 0 aromatic rings. The number of carbonyl (C=O) groups excluding carboxylic acids is 1. The van der Waals surface area contributed by atoms with Gasteiger partial charge in [-0.1, -0.05) is 13.3 Å². The average Bonchev–Trinajstić information content (AvgIpc) is 2.33. The number of amides is 2. The minimum atomic E-state index is -0.833. The molecule has 6 heteroatoms. The van der Waals surface area contributed by atoms with E-state index in [-0.39, 0.29) is 18.4 Å². The highest BCUT2D eigenvalue weighted by molar-refractivity contribution is 5.74. The first-order valence-corrected chi connectivity index (χ1v) is 6.29. The van der Waals surface area contributed by atoms with Crippen molar-refractivity contribution in [3.8, 4) is 0 Å². The Morgan fingerprint density at radius 1 is 1.39 bits per heavy atom. The summed E-state index contributed by atoms with van der Waals surface area (Å²) < 4.78 is 5.15. The van der Waals surface area contributed by atoms with Crippen molar-refractivity contribution in [2.75, 3.05) is 33.4 Å². The summed E-state index contributed by atoms with van der Waals surface area (Å²) in [5.74, 6) is -0.854. The highest BCUT2D eigenvalue weighted by atomic mass is 16.5. The Morgan fingerprint density at radius 2 is 2.06 bits per heavy atom. The molecule has 0 aliphatic rings. The molecule has 1 atom stereocenters. The van der Waals surface area contributed by atoms with Crippen molar-refractivity contribution < 1.29 is 19.4 Å². The fourth-order valence-corrected chi connectivity index (χ4v) is 1.42. The van der Waals surface area contributed by atoms with Crippen LogP contribution in [0.15, 0.2) is 0 Å². The van der Waals surface area contributed by atoms with E-state index in [1.54, 1.807) is 7.05 Å². The molecule has 0 bridgehead atoms. The number of likely N-dealkylation sites (N-methyl/N-ethyl adjacent to an activating group) is 1. The molecule has 0 radical (unpaired) electrons. The smallest absolute Gasteiger partial charge is 0.317 e. The summed E-state index contributed by atoms with van der Waals surface area (Å²) >= 11 is 0. The van der Waals surface area contributed by atoms with Crippen LogP contribution < -0.4 is 5.32 Å². The number of carboxylic acid groups (broad SMARTS) is 1. The van der Waals surface area contributed by atoms with Crippen molar-refractivity contribution in [1.82, 2.24) is 10.2 Å². The van der Waals surface area contributed by atoms with E-state index in [9.17, 15) is 9.59 Å². The quantitative estimate of drug-likeness (QED) is 0.610. The minimum absolute atomic E-state index is 0.0215. The van der Waals surface area contributed by atoms with E-state index in [4.69, 9.17) is 9.84 Å². The second-order valence-electron chi connectivity index (χ2n) is 4.18. The van der Waals surface area contributed by atoms with Crippen LogP contribution in [-0.2, 0) is 9.53 Å². The molecule has 0 heterocycles. The largest absolute Gasteiger partial charge is 0.481 e. The summed E-state index contributed by atoms with van der Waals surface area (Å²) in [6.45, 7) is 5.87. The summed E-state index contributed by atoms with van der Waals surface area (Å²) in [5, 5.41) is 11.4. The van der Waals surface area contributed by atoms with Crippen molar-refractivity contribution >= 4 is 12.0 Å². The molecule has 0 aromatic carbocycles. The number of aliphatic carboxylic acids is 1. The number of nitrogens with zero attached hydrogens (tertiary/aromatic N) is 1. The first-order valence-electron chi connectivity index (χ1n) is 6.29. The molecule has 0 aliphatic carbocycles. The Labute approximate surface area is 108 Å². The van der Waals surface area contributed by atoms with Gasteiger partial charge >= 0.3 is 12.0 Å². The summed E-state index contributed by atoms with van der Waals surface area (Å²) in [6.07, 6.45) is 0.814. The highest BCUT2D eigenvalue weighted by Gasteiger charge is 2.14. The molecule has 0 aromatic heterocycles. The summed E-state index contributed by atoms with van der Waals surface area (Å²) in [6, 6.07) is -0.196. The Kier molecular flexibility index (Phi) is 9.00. The number of urea groups is 1. The van der Waals surface area contributed by atoms with Crippen LogP contribution in [0.2, 0.25) is 0 Å². The molecule has 0 fully saturated rings. The van der Waals surface area contributed by atoms with Crippen LogP contribution in [0.1, 0.15) is 26.7 Å². The van der Waals surface area contributed by atoms with Crippen molar-refractivity contribution in [2.24, 2.45) is 5.92 Å². The van der Waals surface area contributed by atoms with Gasteiger partial charge in [-0.3, -0.25) is 4.79 Å². The lowest BCUT2D eigenvalue weighted by Gasteiger charge is -2.20. The van der Waals surface area contributed by atoms with E-state index >= 15 is 0 Å². The summed E-state index contributed by atoms with van der Waals surface area (Å²) in [5.41, 5.74) is 0. The lowest BCUT2D eigenvalue weighted by Crippen LogP contribution is -2.41. The molecule has 2 amide bonds. The number of carboxylic acids is 1. The van der Waals surface area contributed by atoms with Gasteiger partial charge in [0.1, 0.15) is 0 Å². The molecule has 0 aliphatic heterocycles. The van der Waals surface area contributed by atoms with Gasteiger partial charge in [-0.25, -0.2) is 4.79 Å². The van der Waals surface area contributed by atoms with Gasteiger partial charge in [0, 0.05) is 33.2 Å². The van der Waals surface area contributed by atoms with Crippen molar-refractivity contribution in [3.63, 3.8) is 0 Å². The van der Waals surface area contributed by atoms with Gasteiger partial charge in [0.15, 0.2) is 0 Å². The molecule has 0 saturated heterocycles.